The van der Waals surface area contributed by atoms with E-state index in [0.717, 1.165) is 47.7 Å². The molecule has 10 nitrogen and oxygen atoms in total. The summed E-state index contributed by atoms with van der Waals surface area (Å²) in [6.07, 6.45) is 2.83. The van der Waals surface area contributed by atoms with Gasteiger partial charge in [0.25, 0.3) is 0 Å². The highest BCUT2D eigenvalue weighted by atomic mass is 79.9. The van der Waals surface area contributed by atoms with E-state index in [2.05, 4.69) is 25.6 Å². The van der Waals surface area contributed by atoms with Gasteiger partial charge in [0, 0.05) is 62.2 Å². The fourth-order valence-corrected chi connectivity index (χ4v) is 7.88. The SMILES string of the molecule is CC(C)C(=O)N1CCN(CC2CCCN2C(=O)CN2CCCC(NS(=O)(=O)c3ccc4cc(Br)ccc4c3)C2=O)CC1. The Morgan fingerprint density at radius 2 is 1.64 bits per heavy atom. The van der Waals surface area contributed by atoms with Gasteiger partial charge in [-0.05, 0) is 60.7 Å². The van der Waals surface area contributed by atoms with Crippen LogP contribution in [0.15, 0.2) is 45.8 Å². The van der Waals surface area contributed by atoms with E-state index >= 15 is 0 Å². The number of carbonyl (C=O) groups is 3. The maximum atomic E-state index is 13.4. The first kappa shape index (κ1) is 30.9. The molecule has 2 aromatic carbocycles. The number of nitrogens with one attached hydrogen (secondary N) is 1. The van der Waals surface area contributed by atoms with Crippen molar-refractivity contribution in [1.29, 1.82) is 0 Å². The summed E-state index contributed by atoms with van der Waals surface area (Å²) in [6, 6.07) is 9.68. The number of sulfonamides is 1. The molecule has 1 N–H and O–H groups in total. The van der Waals surface area contributed by atoms with Crippen molar-refractivity contribution in [3.05, 3.63) is 40.9 Å². The van der Waals surface area contributed by atoms with Gasteiger partial charge in [0.05, 0.1) is 11.4 Å². The van der Waals surface area contributed by atoms with E-state index in [1.54, 1.807) is 18.2 Å². The third-order valence-electron chi connectivity index (χ3n) is 8.58. The first-order chi connectivity index (χ1) is 20.0. The Kier molecular flexibility index (Phi) is 9.56. The molecule has 3 saturated heterocycles. The molecule has 3 heterocycles. The molecule has 0 spiro atoms. The van der Waals surface area contributed by atoms with Crippen LogP contribution in [0.1, 0.15) is 39.5 Å². The van der Waals surface area contributed by atoms with Gasteiger partial charge in [-0.1, -0.05) is 41.9 Å². The largest absolute Gasteiger partial charge is 0.340 e. The fraction of sp³-hybridized carbons (Fsp3) is 0.567. The maximum absolute atomic E-state index is 13.4. The van der Waals surface area contributed by atoms with Crippen LogP contribution in [-0.4, -0.2) is 110 Å². The van der Waals surface area contributed by atoms with Crippen molar-refractivity contribution < 1.29 is 22.8 Å². The Hall–Kier alpha value is -2.54. The van der Waals surface area contributed by atoms with Crippen LogP contribution in [0.5, 0.6) is 0 Å². The summed E-state index contributed by atoms with van der Waals surface area (Å²) in [5.41, 5.74) is 0. The summed E-state index contributed by atoms with van der Waals surface area (Å²) >= 11 is 3.43. The summed E-state index contributed by atoms with van der Waals surface area (Å²) in [4.78, 5) is 46.8. The van der Waals surface area contributed by atoms with E-state index in [9.17, 15) is 22.8 Å². The molecular weight excluding hydrogens is 622 g/mol. The van der Waals surface area contributed by atoms with Crippen molar-refractivity contribution in [3.63, 3.8) is 0 Å². The first-order valence-corrected chi connectivity index (χ1v) is 17.1. The summed E-state index contributed by atoms with van der Waals surface area (Å²) in [6.45, 7) is 8.63. The van der Waals surface area contributed by atoms with Crippen LogP contribution in [0, 0.1) is 5.92 Å². The summed E-state index contributed by atoms with van der Waals surface area (Å²) in [5.74, 6) is -0.272. The molecule has 2 atom stereocenters. The normalized spacial score (nSPS) is 22.4. The highest BCUT2D eigenvalue weighted by Crippen LogP contribution is 2.25. The number of amides is 3. The number of hydrogen-bond donors (Lipinski definition) is 1. The molecule has 0 bridgehead atoms. The average molecular weight is 663 g/mol. The lowest BCUT2D eigenvalue weighted by Gasteiger charge is -2.38. The van der Waals surface area contributed by atoms with Gasteiger partial charge in [0.2, 0.25) is 27.7 Å². The fourth-order valence-electron chi connectivity index (χ4n) is 6.25. The zero-order valence-corrected chi connectivity index (χ0v) is 26.7. The molecule has 2 aromatic rings. The molecule has 42 heavy (non-hydrogen) atoms. The van der Waals surface area contributed by atoms with Crippen LogP contribution in [-0.2, 0) is 24.4 Å². The van der Waals surface area contributed by atoms with E-state index in [0.29, 0.717) is 39.0 Å². The van der Waals surface area contributed by atoms with Crippen molar-refractivity contribution in [2.24, 2.45) is 5.92 Å². The van der Waals surface area contributed by atoms with Crippen molar-refractivity contribution in [2.75, 3.05) is 52.4 Å². The average Bonchev–Trinajstić information content (AvgIpc) is 3.43. The highest BCUT2D eigenvalue weighted by Gasteiger charge is 2.37. The Balaban J connectivity index is 1.17. The van der Waals surface area contributed by atoms with Crippen molar-refractivity contribution >= 4 is 54.4 Å². The van der Waals surface area contributed by atoms with Crippen molar-refractivity contribution in [3.8, 4) is 0 Å². The molecular formula is C30H40BrN5O5S. The number of halogens is 1. The molecule has 0 aliphatic carbocycles. The number of fused-ring (bicyclic) bond motifs is 1. The predicted octanol–water partition coefficient (Wildman–Crippen LogP) is 2.66. The van der Waals surface area contributed by atoms with Gasteiger partial charge >= 0.3 is 0 Å². The molecule has 3 fully saturated rings. The molecule has 228 valence electrons. The number of hydrogen-bond acceptors (Lipinski definition) is 6. The number of piperazine rings is 1. The zero-order valence-electron chi connectivity index (χ0n) is 24.3. The quantitative estimate of drug-likeness (QED) is 0.466. The number of nitrogens with zero attached hydrogens (tertiary/aromatic N) is 4. The molecule has 3 amide bonds. The number of benzene rings is 2. The minimum Gasteiger partial charge on any atom is -0.340 e. The lowest BCUT2D eigenvalue weighted by Crippen LogP contribution is -2.56. The smallest absolute Gasteiger partial charge is 0.242 e. The second-order valence-electron chi connectivity index (χ2n) is 11.9. The third-order valence-corrected chi connectivity index (χ3v) is 10.5. The van der Waals surface area contributed by atoms with E-state index in [1.807, 2.05) is 41.8 Å². The number of likely N-dealkylation sites (tertiary alicyclic amines) is 2. The second-order valence-corrected chi connectivity index (χ2v) is 14.5. The third kappa shape index (κ3) is 6.98. The highest BCUT2D eigenvalue weighted by molar-refractivity contribution is 9.10. The van der Waals surface area contributed by atoms with Crippen LogP contribution in [0.3, 0.4) is 0 Å². The van der Waals surface area contributed by atoms with Crippen molar-refractivity contribution in [1.82, 2.24) is 24.3 Å². The second kappa shape index (κ2) is 13.0. The van der Waals surface area contributed by atoms with Gasteiger partial charge in [0.15, 0.2) is 0 Å². The van der Waals surface area contributed by atoms with Gasteiger partial charge in [-0.15, -0.1) is 0 Å². The van der Waals surface area contributed by atoms with Gasteiger partial charge in [-0.25, -0.2) is 8.42 Å². The van der Waals surface area contributed by atoms with Gasteiger partial charge < -0.3 is 14.7 Å². The maximum Gasteiger partial charge on any atom is 0.242 e. The molecule has 12 heteroatoms. The Morgan fingerprint density at radius 1 is 0.952 bits per heavy atom. The molecule has 0 aromatic heterocycles. The van der Waals surface area contributed by atoms with E-state index in [1.165, 1.54) is 4.90 Å². The topological polar surface area (TPSA) is 110 Å². The number of carbonyl (C=O) groups excluding carboxylic acids is 3. The lowest BCUT2D eigenvalue weighted by molar-refractivity contribution is -0.143. The van der Waals surface area contributed by atoms with Crippen LogP contribution in [0.25, 0.3) is 10.8 Å². The summed E-state index contributed by atoms with van der Waals surface area (Å²) < 4.78 is 30.0. The van der Waals surface area contributed by atoms with Crippen LogP contribution in [0.4, 0.5) is 0 Å². The monoisotopic (exact) mass is 661 g/mol. The Bertz CT molecular complexity index is 1440. The molecule has 2 unspecified atom stereocenters. The lowest BCUT2D eigenvalue weighted by atomic mass is 10.1. The van der Waals surface area contributed by atoms with E-state index in [-0.39, 0.29) is 41.1 Å². The standard InChI is InChI=1S/C30H40BrN5O5S/c1-21(2)29(38)34-15-13-33(14-16-34)19-25-5-3-12-36(25)28(37)20-35-11-4-6-27(30(35)39)32-42(40,41)26-10-8-22-17-24(31)9-7-23(22)18-26/h7-10,17-18,21,25,27,32H,3-6,11-16,19-20H2,1-2H3. The zero-order chi connectivity index (χ0) is 30.0. The minimum atomic E-state index is -3.94. The van der Waals surface area contributed by atoms with Crippen LogP contribution < -0.4 is 4.72 Å². The van der Waals surface area contributed by atoms with Gasteiger partial charge in [0.1, 0.15) is 6.04 Å². The van der Waals surface area contributed by atoms with E-state index in [4.69, 9.17) is 0 Å². The predicted molar refractivity (Wildman–Crippen MR) is 164 cm³/mol. The molecule has 3 aliphatic rings. The van der Waals surface area contributed by atoms with Crippen LogP contribution in [0.2, 0.25) is 0 Å². The number of rotatable bonds is 8. The minimum absolute atomic E-state index is 0.00608. The Labute approximate surface area is 256 Å². The van der Waals surface area contributed by atoms with Crippen LogP contribution >= 0.6 is 15.9 Å². The molecule has 0 radical (unpaired) electrons. The van der Waals surface area contributed by atoms with E-state index < -0.39 is 16.1 Å². The molecule has 0 saturated carbocycles. The van der Waals surface area contributed by atoms with Gasteiger partial charge in [-0.2, -0.15) is 4.72 Å². The summed E-state index contributed by atoms with van der Waals surface area (Å²) in [7, 11) is -3.94. The first-order valence-electron chi connectivity index (χ1n) is 14.8. The molecule has 5 rings (SSSR count). The van der Waals surface area contributed by atoms with Gasteiger partial charge in [-0.3, -0.25) is 19.3 Å². The number of piperidine rings is 1. The Morgan fingerprint density at radius 3 is 2.38 bits per heavy atom. The molecule has 3 aliphatic heterocycles. The summed E-state index contributed by atoms with van der Waals surface area (Å²) in [5, 5.41) is 1.69. The van der Waals surface area contributed by atoms with Crippen molar-refractivity contribution in [2.45, 2.75) is 56.5 Å².